The zero-order valence-electron chi connectivity index (χ0n) is 11.9. The molecule has 0 aromatic carbocycles. The number of hydrogen-bond donors (Lipinski definition) is 2. The smallest absolute Gasteiger partial charge is 0.306 e. The fraction of sp³-hybridized carbons (Fsp3) is 0.643. The maximum absolute atomic E-state index is 12.1. The Labute approximate surface area is 118 Å². The molecule has 0 aliphatic heterocycles. The van der Waals surface area contributed by atoms with Crippen molar-refractivity contribution in [2.45, 2.75) is 32.6 Å². The van der Waals surface area contributed by atoms with Gasteiger partial charge in [0.05, 0.1) is 11.6 Å². The summed E-state index contributed by atoms with van der Waals surface area (Å²) in [4.78, 5) is 23.3. The first-order valence-corrected chi connectivity index (χ1v) is 7.00. The number of nitrogens with zero attached hydrogens (tertiary/aromatic N) is 2. The van der Waals surface area contributed by atoms with Crippen LogP contribution < -0.4 is 5.32 Å². The first-order chi connectivity index (χ1) is 9.49. The van der Waals surface area contributed by atoms with Crippen LogP contribution in [0.4, 0.5) is 0 Å². The number of aryl methyl sites for hydroxylation is 2. The molecule has 1 aliphatic carbocycles. The molecule has 1 saturated carbocycles. The van der Waals surface area contributed by atoms with Gasteiger partial charge in [-0.2, -0.15) is 5.10 Å². The van der Waals surface area contributed by atoms with Crippen molar-refractivity contribution in [2.75, 3.05) is 6.54 Å². The van der Waals surface area contributed by atoms with E-state index in [9.17, 15) is 14.7 Å². The minimum atomic E-state index is -0.750. The lowest BCUT2D eigenvalue weighted by molar-refractivity contribution is -0.144. The molecule has 0 saturated heterocycles. The highest BCUT2D eigenvalue weighted by atomic mass is 16.4. The van der Waals surface area contributed by atoms with Crippen LogP contribution in [0.5, 0.6) is 0 Å². The second kappa shape index (κ2) is 6.07. The first kappa shape index (κ1) is 14.6. The molecule has 2 rings (SSSR count). The second-order valence-corrected chi connectivity index (χ2v) is 5.49. The van der Waals surface area contributed by atoms with Crippen molar-refractivity contribution >= 4 is 11.9 Å². The van der Waals surface area contributed by atoms with E-state index in [0.29, 0.717) is 18.7 Å². The summed E-state index contributed by atoms with van der Waals surface area (Å²) in [6.07, 6.45) is 3.57. The van der Waals surface area contributed by atoms with E-state index < -0.39 is 5.97 Å². The molecular formula is C14H21N3O3. The van der Waals surface area contributed by atoms with E-state index in [2.05, 4.69) is 10.4 Å². The third kappa shape index (κ3) is 3.18. The fourth-order valence-electron chi connectivity index (χ4n) is 2.91. The van der Waals surface area contributed by atoms with Crippen LogP contribution >= 0.6 is 0 Å². The topological polar surface area (TPSA) is 84.2 Å². The number of carboxylic acid groups (broad SMARTS) is 1. The Kier molecular flexibility index (Phi) is 4.42. The zero-order valence-corrected chi connectivity index (χ0v) is 11.9. The molecule has 1 heterocycles. The van der Waals surface area contributed by atoms with Gasteiger partial charge in [-0.25, -0.2) is 0 Å². The van der Waals surface area contributed by atoms with Crippen LogP contribution in [0, 0.1) is 18.8 Å². The molecule has 0 radical (unpaired) electrons. The lowest BCUT2D eigenvalue weighted by Crippen LogP contribution is -2.37. The van der Waals surface area contributed by atoms with Gasteiger partial charge in [-0.15, -0.1) is 0 Å². The summed E-state index contributed by atoms with van der Waals surface area (Å²) in [5, 5.41) is 16.2. The Hall–Kier alpha value is -1.85. The predicted molar refractivity (Wildman–Crippen MR) is 73.4 cm³/mol. The number of rotatable bonds is 4. The summed E-state index contributed by atoms with van der Waals surface area (Å²) in [6, 6.07) is 1.73. The molecule has 20 heavy (non-hydrogen) atoms. The monoisotopic (exact) mass is 279 g/mol. The van der Waals surface area contributed by atoms with Gasteiger partial charge < -0.3 is 10.4 Å². The van der Waals surface area contributed by atoms with Gasteiger partial charge in [-0.1, -0.05) is 12.8 Å². The van der Waals surface area contributed by atoms with E-state index in [1.807, 2.05) is 6.92 Å². The quantitative estimate of drug-likeness (QED) is 0.871. The highest BCUT2D eigenvalue weighted by molar-refractivity contribution is 5.92. The number of hydrogen-bond acceptors (Lipinski definition) is 3. The van der Waals surface area contributed by atoms with Crippen molar-refractivity contribution in [2.24, 2.45) is 18.9 Å². The van der Waals surface area contributed by atoms with Gasteiger partial charge in [0, 0.05) is 13.6 Å². The van der Waals surface area contributed by atoms with Gasteiger partial charge in [0.15, 0.2) is 0 Å². The third-order valence-corrected chi connectivity index (χ3v) is 3.99. The number of carbonyl (C=O) groups excluding carboxylic acids is 1. The summed E-state index contributed by atoms with van der Waals surface area (Å²) in [6.45, 7) is 2.25. The summed E-state index contributed by atoms with van der Waals surface area (Å²) < 4.78 is 1.54. The van der Waals surface area contributed by atoms with Crippen molar-refractivity contribution in [1.82, 2.24) is 15.1 Å². The van der Waals surface area contributed by atoms with E-state index in [-0.39, 0.29) is 17.7 Å². The zero-order chi connectivity index (χ0) is 14.7. The Morgan fingerprint density at radius 1 is 1.45 bits per heavy atom. The average molecular weight is 279 g/mol. The van der Waals surface area contributed by atoms with Crippen molar-refractivity contribution in [3.63, 3.8) is 0 Å². The van der Waals surface area contributed by atoms with Crippen molar-refractivity contribution in [1.29, 1.82) is 0 Å². The molecule has 0 bridgehead atoms. The molecule has 2 N–H and O–H groups in total. The molecule has 1 aliphatic rings. The average Bonchev–Trinajstić information content (AvgIpc) is 2.75. The van der Waals surface area contributed by atoms with E-state index in [0.717, 1.165) is 25.0 Å². The minimum Gasteiger partial charge on any atom is -0.481 e. The van der Waals surface area contributed by atoms with Crippen LogP contribution in [0.1, 0.15) is 41.9 Å². The lowest BCUT2D eigenvalue weighted by atomic mass is 9.79. The maximum atomic E-state index is 12.1. The molecule has 1 aromatic heterocycles. The Morgan fingerprint density at radius 2 is 2.15 bits per heavy atom. The van der Waals surface area contributed by atoms with Gasteiger partial charge in [-0.3, -0.25) is 14.3 Å². The van der Waals surface area contributed by atoms with E-state index in [1.54, 1.807) is 17.8 Å². The standard InChI is InChI=1S/C14H21N3O3/c1-9-7-12(17(2)16-9)13(18)15-8-10-5-3-4-6-11(10)14(19)20/h7,10-11H,3-6,8H2,1-2H3,(H,15,18)(H,19,20). The number of nitrogens with one attached hydrogen (secondary N) is 1. The molecular weight excluding hydrogens is 258 g/mol. The van der Waals surface area contributed by atoms with Crippen LogP contribution in [-0.2, 0) is 11.8 Å². The Bertz CT molecular complexity index is 510. The fourth-order valence-corrected chi connectivity index (χ4v) is 2.91. The van der Waals surface area contributed by atoms with E-state index in [1.165, 1.54) is 0 Å². The van der Waals surface area contributed by atoms with Gasteiger partial charge in [-0.05, 0) is 31.7 Å². The van der Waals surface area contributed by atoms with Gasteiger partial charge in [0.25, 0.3) is 5.91 Å². The Balaban J connectivity index is 1.95. The van der Waals surface area contributed by atoms with Crippen LogP contribution in [0.15, 0.2) is 6.07 Å². The summed E-state index contributed by atoms with van der Waals surface area (Å²) >= 11 is 0. The van der Waals surface area contributed by atoms with Crippen LogP contribution in [0.3, 0.4) is 0 Å². The predicted octanol–water partition coefficient (Wildman–Crippen LogP) is 1.35. The first-order valence-electron chi connectivity index (χ1n) is 7.00. The molecule has 6 heteroatoms. The summed E-state index contributed by atoms with van der Waals surface area (Å²) in [7, 11) is 1.72. The van der Waals surface area contributed by atoms with Crippen molar-refractivity contribution in [3.05, 3.63) is 17.5 Å². The van der Waals surface area contributed by atoms with E-state index in [4.69, 9.17) is 0 Å². The van der Waals surface area contributed by atoms with Gasteiger partial charge >= 0.3 is 5.97 Å². The van der Waals surface area contributed by atoms with Gasteiger partial charge in [0.2, 0.25) is 0 Å². The largest absolute Gasteiger partial charge is 0.481 e. The molecule has 2 atom stereocenters. The Morgan fingerprint density at radius 3 is 2.75 bits per heavy atom. The molecule has 2 unspecified atom stereocenters. The van der Waals surface area contributed by atoms with Crippen molar-refractivity contribution in [3.8, 4) is 0 Å². The normalized spacial score (nSPS) is 22.5. The highest BCUT2D eigenvalue weighted by Gasteiger charge is 2.31. The highest BCUT2D eigenvalue weighted by Crippen LogP contribution is 2.29. The van der Waals surface area contributed by atoms with Crippen molar-refractivity contribution < 1.29 is 14.7 Å². The van der Waals surface area contributed by atoms with E-state index >= 15 is 0 Å². The molecule has 110 valence electrons. The SMILES string of the molecule is Cc1cc(C(=O)NCC2CCCCC2C(=O)O)n(C)n1. The number of carboxylic acids is 1. The number of aliphatic carboxylic acids is 1. The van der Waals surface area contributed by atoms with Gasteiger partial charge in [0.1, 0.15) is 5.69 Å². The number of aromatic nitrogens is 2. The number of amides is 1. The second-order valence-electron chi connectivity index (χ2n) is 5.49. The molecule has 6 nitrogen and oxygen atoms in total. The number of carbonyl (C=O) groups is 2. The van der Waals surface area contributed by atoms with Crippen LogP contribution in [-0.4, -0.2) is 33.3 Å². The molecule has 1 aromatic rings. The molecule has 0 spiro atoms. The minimum absolute atomic E-state index is 0.0273. The summed E-state index contributed by atoms with van der Waals surface area (Å²) in [5.74, 6) is -1.25. The summed E-state index contributed by atoms with van der Waals surface area (Å²) in [5.41, 5.74) is 1.30. The molecule has 1 fully saturated rings. The lowest BCUT2D eigenvalue weighted by Gasteiger charge is -2.28. The third-order valence-electron chi connectivity index (χ3n) is 3.99. The van der Waals surface area contributed by atoms with Crippen LogP contribution in [0.2, 0.25) is 0 Å². The van der Waals surface area contributed by atoms with Crippen LogP contribution in [0.25, 0.3) is 0 Å². The maximum Gasteiger partial charge on any atom is 0.306 e. The molecule has 1 amide bonds.